The van der Waals surface area contributed by atoms with Crippen LogP contribution in [0.4, 0.5) is 11.4 Å². The molecule has 2 amide bonds. The van der Waals surface area contributed by atoms with E-state index in [0.717, 1.165) is 5.56 Å². The summed E-state index contributed by atoms with van der Waals surface area (Å²) in [7, 11) is 0. The molecule has 0 saturated heterocycles. The first-order chi connectivity index (χ1) is 12.4. The molecule has 4 N–H and O–H groups in total. The Balaban J connectivity index is 1.88. The van der Waals surface area contributed by atoms with Crippen LogP contribution in [0.1, 0.15) is 18.9 Å². The van der Waals surface area contributed by atoms with Crippen LogP contribution in [0.2, 0.25) is 0 Å². The molecule has 0 unspecified atom stereocenters. The van der Waals surface area contributed by atoms with Crippen LogP contribution in [0.15, 0.2) is 54.6 Å². The molecule has 2 aromatic rings. The highest BCUT2D eigenvalue weighted by atomic mass is 16.4. The van der Waals surface area contributed by atoms with Crippen LogP contribution in [0.25, 0.3) is 0 Å². The zero-order valence-electron chi connectivity index (χ0n) is 14.4. The van der Waals surface area contributed by atoms with Crippen molar-refractivity contribution < 1.29 is 19.5 Å². The topological polar surface area (TPSA) is 108 Å². The number of carboxylic acids is 1. The van der Waals surface area contributed by atoms with Gasteiger partial charge in [-0.05, 0) is 29.8 Å². The fourth-order valence-corrected chi connectivity index (χ4v) is 2.32. The predicted molar refractivity (Wildman–Crippen MR) is 98.7 cm³/mol. The van der Waals surface area contributed by atoms with E-state index in [1.165, 1.54) is 6.92 Å². The molecular weight excluding hydrogens is 334 g/mol. The van der Waals surface area contributed by atoms with E-state index in [0.29, 0.717) is 17.9 Å². The molecule has 0 aliphatic carbocycles. The van der Waals surface area contributed by atoms with E-state index in [9.17, 15) is 19.5 Å². The Morgan fingerprint density at radius 1 is 0.923 bits per heavy atom. The fourth-order valence-electron chi connectivity index (χ4n) is 2.32. The summed E-state index contributed by atoms with van der Waals surface area (Å²) in [4.78, 5) is 34.5. The summed E-state index contributed by atoms with van der Waals surface area (Å²) in [6.45, 7) is 1.76. The lowest BCUT2D eigenvalue weighted by Crippen LogP contribution is -2.39. The predicted octanol–water partition coefficient (Wildman–Crippen LogP) is 2.22. The van der Waals surface area contributed by atoms with Crippen molar-refractivity contribution in [2.75, 3.05) is 10.6 Å². The van der Waals surface area contributed by atoms with E-state index in [-0.39, 0.29) is 12.3 Å². The first-order valence-electron chi connectivity index (χ1n) is 8.11. The molecule has 0 aliphatic heterocycles. The summed E-state index contributed by atoms with van der Waals surface area (Å²) in [5.74, 6) is -1.68. The molecule has 1 atom stereocenters. The van der Waals surface area contributed by atoms with Crippen molar-refractivity contribution >= 4 is 29.2 Å². The summed E-state index contributed by atoms with van der Waals surface area (Å²) in [5, 5.41) is 17.5. The van der Waals surface area contributed by atoms with Gasteiger partial charge in [-0.3, -0.25) is 19.7 Å². The Kier molecular flexibility index (Phi) is 6.87. The van der Waals surface area contributed by atoms with Gasteiger partial charge in [-0.15, -0.1) is 0 Å². The number of benzene rings is 2. The van der Waals surface area contributed by atoms with Crippen molar-refractivity contribution in [3.05, 3.63) is 60.2 Å². The van der Waals surface area contributed by atoms with Gasteiger partial charge in [-0.2, -0.15) is 0 Å². The van der Waals surface area contributed by atoms with Crippen LogP contribution in [-0.2, 0) is 20.9 Å². The highest BCUT2D eigenvalue weighted by Gasteiger charge is 2.20. The molecule has 7 nitrogen and oxygen atoms in total. The molecule has 0 saturated carbocycles. The van der Waals surface area contributed by atoms with E-state index in [1.807, 2.05) is 30.3 Å². The SMILES string of the molecule is CC(=O)Nc1ccc(NC(=O)C[C@@H](NCc2ccccc2)C(=O)O)cc1. The smallest absolute Gasteiger partial charge is 0.321 e. The number of carbonyl (C=O) groups excluding carboxylic acids is 2. The maximum absolute atomic E-state index is 12.1. The first kappa shape index (κ1) is 19.1. The van der Waals surface area contributed by atoms with Gasteiger partial charge in [0.05, 0.1) is 6.42 Å². The monoisotopic (exact) mass is 355 g/mol. The van der Waals surface area contributed by atoms with E-state index in [4.69, 9.17) is 0 Å². The third kappa shape index (κ3) is 6.37. The quantitative estimate of drug-likeness (QED) is 0.581. The molecule has 136 valence electrons. The minimum Gasteiger partial charge on any atom is -0.480 e. The molecule has 0 bridgehead atoms. The van der Waals surface area contributed by atoms with Crippen molar-refractivity contribution in [3.63, 3.8) is 0 Å². The molecule has 0 aliphatic rings. The zero-order valence-corrected chi connectivity index (χ0v) is 14.4. The molecule has 7 heteroatoms. The Hall–Kier alpha value is -3.19. The van der Waals surface area contributed by atoms with Crippen LogP contribution >= 0.6 is 0 Å². The average molecular weight is 355 g/mol. The van der Waals surface area contributed by atoms with Crippen LogP contribution in [0, 0.1) is 0 Å². The largest absolute Gasteiger partial charge is 0.480 e. The third-order valence-corrected chi connectivity index (χ3v) is 3.57. The van der Waals surface area contributed by atoms with E-state index >= 15 is 0 Å². The van der Waals surface area contributed by atoms with Crippen molar-refractivity contribution in [2.45, 2.75) is 25.9 Å². The molecule has 0 spiro atoms. The number of aliphatic carboxylic acids is 1. The van der Waals surface area contributed by atoms with Crippen molar-refractivity contribution in [2.24, 2.45) is 0 Å². The molecule has 0 heterocycles. The zero-order chi connectivity index (χ0) is 18.9. The second-order valence-corrected chi connectivity index (χ2v) is 5.77. The average Bonchev–Trinajstić information content (AvgIpc) is 2.60. The van der Waals surface area contributed by atoms with Gasteiger partial charge >= 0.3 is 5.97 Å². The number of carbonyl (C=O) groups is 3. The second kappa shape index (κ2) is 9.33. The molecule has 2 aromatic carbocycles. The van der Waals surface area contributed by atoms with Crippen LogP contribution in [0.3, 0.4) is 0 Å². The Bertz CT molecular complexity index is 760. The van der Waals surface area contributed by atoms with Gasteiger partial charge in [-0.25, -0.2) is 0 Å². The summed E-state index contributed by atoms with van der Waals surface area (Å²) in [5.41, 5.74) is 2.08. The second-order valence-electron chi connectivity index (χ2n) is 5.77. The number of nitrogens with one attached hydrogen (secondary N) is 3. The number of anilines is 2. The molecular formula is C19H21N3O4. The lowest BCUT2D eigenvalue weighted by atomic mass is 10.1. The number of rotatable bonds is 8. The minimum absolute atomic E-state index is 0.185. The van der Waals surface area contributed by atoms with Crippen molar-refractivity contribution in [3.8, 4) is 0 Å². The molecule has 0 aromatic heterocycles. The molecule has 0 fully saturated rings. The van der Waals surface area contributed by atoms with Crippen LogP contribution < -0.4 is 16.0 Å². The summed E-state index contributed by atoms with van der Waals surface area (Å²) >= 11 is 0. The Morgan fingerprint density at radius 3 is 2.04 bits per heavy atom. The van der Waals surface area contributed by atoms with Gasteiger partial charge in [0.15, 0.2) is 0 Å². The number of carboxylic acid groups (broad SMARTS) is 1. The highest BCUT2D eigenvalue weighted by molar-refractivity contribution is 5.94. The lowest BCUT2D eigenvalue weighted by molar-refractivity contribution is -0.141. The fraction of sp³-hybridized carbons (Fsp3) is 0.211. The minimum atomic E-state index is -1.09. The van der Waals surface area contributed by atoms with Crippen molar-refractivity contribution in [1.82, 2.24) is 5.32 Å². The molecule has 2 rings (SSSR count). The van der Waals surface area contributed by atoms with Crippen LogP contribution in [0.5, 0.6) is 0 Å². The van der Waals surface area contributed by atoms with Gasteiger partial charge < -0.3 is 15.7 Å². The summed E-state index contributed by atoms with van der Waals surface area (Å²) < 4.78 is 0. The number of amides is 2. The van der Waals surface area contributed by atoms with Gasteiger partial charge in [-0.1, -0.05) is 30.3 Å². The van der Waals surface area contributed by atoms with Gasteiger partial charge in [0.25, 0.3) is 0 Å². The molecule has 26 heavy (non-hydrogen) atoms. The standard InChI is InChI=1S/C19H21N3O4/c1-13(23)21-15-7-9-16(10-8-15)22-18(24)11-17(19(25)26)20-12-14-5-3-2-4-6-14/h2-10,17,20H,11-12H2,1H3,(H,21,23)(H,22,24)(H,25,26)/t17-/m1/s1. The lowest BCUT2D eigenvalue weighted by Gasteiger charge is -2.14. The summed E-state index contributed by atoms with van der Waals surface area (Å²) in [6, 6.07) is 14.9. The van der Waals surface area contributed by atoms with E-state index in [2.05, 4.69) is 16.0 Å². The first-order valence-corrected chi connectivity index (χ1v) is 8.11. The van der Waals surface area contributed by atoms with Crippen molar-refractivity contribution in [1.29, 1.82) is 0 Å². The number of hydrogen-bond acceptors (Lipinski definition) is 4. The van der Waals surface area contributed by atoms with Gasteiger partial charge in [0.1, 0.15) is 6.04 Å². The normalized spacial score (nSPS) is 11.4. The maximum Gasteiger partial charge on any atom is 0.321 e. The highest BCUT2D eigenvalue weighted by Crippen LogP contribution is 2.14. The van der Waals surface area contributed by atoms with E-state index in [1.54, 1.807) is 24.3 Å². The third-order valence-electron chi connectivity index (χ3n) is 3.57. The molecule has 0 radical (unpaired) electrons. The van der Waals surface area contributed by atoms with Gasteiger partial charge in [0, 0.05) is 24.8 Å². The van der Waals surface area contributed by atoms with Gasteiger partial charge in [0.2, 0.25) is 11.8 Å². The van der Waals surface area contributed by atoms with E-state index < -0.39 is 17.9 Å². The maximum atomic E-state index is 12.1. The Morgan fingerprint density at radius 2 is 1.50 bits per heavy atom. The number of hydrogen-bond donors (Lipinski definition) is 4. The van der Waals surface area contributed by atoms with Crippen LogP contribution in [-0.4, -0.2) is 28.9 Å². The Labute approximate surface area is 151 Å². The summed E-state index contributed by atoms with van der Waals surface area (Å²) in [6.07, 6.45) is -0.199.